The molecule has 0 saturated heterocycles. The topological polar surface area (TPSA) is 86.5 Å². The first-order valence-corrected chi connectivity index (χ1v) is 10.7. The molecule has 3 aliphatic carbocycles. The highest BCUT2D eigenvalue weighted by atomic mass is 35.5. The van der Waals surface area contributed by atoms with E-state index in [-0.39, 0.29) is 10.8 Å². The van der Waals surface area contributed by atoms with Crippen molar-refractivity contribution in [3.63, 3.8) is 0 Å². The quantitative estimate of drug-likeness (QED) is 0.737. The Morgan fingerprint density at radius 1 is 1.38 bits per heavy atom. The van der Waals surface area contributed by atoms with Crippen LogP contribution in [0.4, 0.5) is 4.39 Å². The summed E-state index contributed by atoms with van der Waals surface area (Å²) in [5.74, 6) is -0.831. The molecule has 0 radical (unpaired) electrons. The maximum absolute atomic E-state index is 14.2. The van der Waals surface area contributed by atoms with Crippen molar-refractivity contribution >= 4 is 27.4 Å². The highest BCUT2D eigenvalue weighted by Gasteiger charge is 2.54. The molecule has 3 fully saturated rings. The molecule has 3 saturated carbocycles. The van der Waals surface area contributed by atoms with Gasteiger partial charge in [-0.15, -0.1) is 0 Å². The molecule has 26 heavy (non-hydrogen) atoms. The zero-order valence-electron chi connectivity index (χ0n) is 14.8. The van der Waals surface area contributed by atoms with Crippen molar-refractivity contribution in [2.75, 3.05) is 12.4 Å². The SMILES string of the molecule is CC1(C)[C@H]2CC[C@H](COc3cc(F)c(C(=O)CS(N)(=O)=O)cc3Cl)[C@@H]1C2. The normalized spacial score (nSPS) is 26.9. The van der Waals surface area contributed by atoms with Crippen LogP contribution in [0.5, 0.6) is 5.75 Å². The van der Waals surface area contributed by atoms with Crippen molar-refractivity contribution in [3.05, 3.63) is 28.5 Å². The number of hydrogen-bond acceptors (Lipinski definition) is 4. The summed E-state index contributed by atoms with van der Waals surface area (Å²) >= 11 is 6.11. The number of benzene rings is 1. The first-order chi connectivity index (χ1) is 12.0. The van der Waals surface area contributed by atoms with E-state index in [0.717, 1.165) is 24.5 Å². The van der Waals surface area contributed by atoms with Crippen molar-refractivity contribution in [2.24, 2.45) is 28.3 Å². The predicted molar refractivity (Wildman–Crippen MR) is 97.3 cm³/mol. The number of hydrogen-bond donors (Lipinski definition) is 1. The average molecular weight is 404 g/mol. The van der Waals surface area contributed by atoms with E-state index in [9.17, 15) is 17.6 Å². The summed E-state index contributed by atoms with van der Waals surface area (Å²) in [7, 11) is -4.04. The van der Waals surface area contributed by atoms with Gasteiger partial charge in [-0.1, -0.05) is 25.4 Å². The third kappa shape index (κ3) is 3.75. The van der Waals surface area contributed by atoms with E-state index >= 15 is 0 Å². The van der Waals surface area contributed by atoms with Gasteiger partial charge in [0.05, 0.1) is 17.2 Å². The average Bonchev–Trinajstić information content (AvgIpc) is 2.53. The Hall–Kier alpha value is -1.18. The molecule has 2 N–H and O–H groups in total. The van der Waals surface area contributed by atoms with Crippen molar-refractivity contribution < 1.29 is 22.3 Å². The van der Waals surface area contributed by atoms with E-state index in [1.807, 2.05) is 0 Å². The molecule has 0 aliphatic heterocycles. The molecule has 3 aliphatic rings. The third-order valence-electron chi connectivity index (χ3n) is 6.11. The van der Waals surface area contributed by atoms with Crippen LogP contribution >= 0.6 is 11.6 Å². The van der Waals surface area contributed by atoms with Crippen LogP contribution < -0.4 is 9.88 Å². The van der Waals surface area contributed by atoms with Crippen LogP contribution in [-0.2, 0) is 10.0 Å². The molecule has 1 aromatic carbocycles. The molecule has 0 spiro atoms. The Balaban J connectivity index is 1.70. The van der Waals surface area contributed by atoms with Gasteiger partial charge in [-0.25, -0.2) is 17.9 Å². The molecule has 0 aromatic heterocycles. The Morgan fingerprint density at radius 3 is 2.65 bits per heavy atom. The lowest BCUT2D eigenvalue weighted by molar-refractivity contribution is -0.114. The van der Waals surface area contributed by atoms with Crippen molar-refractivity contribution in [1.82, 2.24) is 0 Å². The summed E-state index contributed by atoms with van der Waals surface area (Å²) in [5, 5.41) is 4.91. The van der Waals surface area contributed by atoms with Gasteiger partial charge in [-0.3, -0.25) is 4.79 Å². The number of carbonyl (C=O) groups excluding carboxylic acids is 1. The van der Waals surface area contributed by atoms with E-state index in [0.29, 0.717) is 23.9 Å². The van der Waals surface area contributed by atoms with Crippen LogP contribution in [0.15, 0.2) is 12.1 Å². The maximum atomic E-state index is 14.2. The van der Waals surface area contributed by atoms with Gasteiger partial charge in [0, 0.05) is 6.07 Å². The van der Waals surface area contributed by atoms with E-state index in [1.54, 1.807) is 0 Å². The molecule has 0 unspecified atom stereocenters. The number of nitrogens with two attached hydrogens (primary N) is 1. The summed E-state index contributed by atoms with van der Waals surface area (Å²) in [4.78, 5) is 11.9. The molecule has 0 amide bonds. The highest BCUT2D eigenvalue weighted by molar-refractivity contribution is 7.89. The van der Waals surface area contributed by atoms with Gasteiger partial charge in [-0.05, 0) is 48.5 Å². The van der Waals surface area contributed by atoms with Gasteiger partial charge in [-0.2, -0.15) is 0 Å². The van der Waals surface area contributed by atoms with Crippen LogP contribution in [-0.4, -0.2) is 26.6 Å². The summed E-state index contributed by atoms with van der Waals surface area (Å²) in [6, 6.07) is 2.14. The highest BCUT2D eigenvalue weighted by Crippen LogP contribution is 2.61. The van der Waals surface area contributed by atoms with Gasteiger partial charge >= 0.3 is 0 Å². The molecule has 4 rings (SSSR count). The van der Waals surface area contributed by atoms with Crippen molar-refractivity contribution in [3.8, 4) is 5.75 Å². The van der Waals surface area contributed by atoms with Gasteiger partial charge in [0.1, 0.15) is 17.3 Å². The number of Topliss-reactive ketones (excluding diaryl/α,β-unsaturated/α-hetero) is 1. The second-order valence-electron chi connectivity index (χ2n) is 8.00. The summed E-state index contributed by atoms with van der Waals surface area (Å²) < 4.78 is 42.0. The lowest BCUT2D eigenvalue weighted by Crippen LogP contribution is -2.53. The van der Waals surface area contributed by atoms with Gasteiger partial charge in [0.15, 0.2) is 5.78 Å². The lowest BCUT2D eigenvalue weighted by atomic mass is 9.46. The minimum Gasteiger partial charge on any atom is -0.492 e. The number of ether oxygens (including phenoxy) is 1. The second kappa shape index (κ2) is 6.77. The second-order valence-corrected chi connectivity index (χ2v) is 10.0. The zero-order chi connectivity index (χ0) is 19.3. The Morgan fingerprint density at radius 2 is 2.08 bits per heavy atom. The number of halogens is 2. The van der Waals surface area contributed by atoms with E-state index in [1.165, 1.54) is 12.8 Å². The number of fused-ring (bicyclic) bond motifs is 2. The molecule has 2 bridgehead atoms. The van der Waals surface area contributed by atoms with E-state index < -0.39 is 32.9 Å². The summed E-state index contributed by atoms with van der Waals surface area (Å²) in [5.41, 5.74) is -0.0808. The first-order valence-electron chi connectivity index (χ1n) is 8.64. The fourth-order valence-electron chi connectivity index (χ4n) is 4.47. The summed E-state index contributed by atoms with van der Waals surface area (Å²) in [6.07, 6.45) is 3.48. The van der Waals surface area contributed by atoms with Crippen LogP contribution in [0, 0.1) is 29.0 Å². The van der Waals surface area contributed by atoms with Crippen LogP contribution in [0.1, 0.15) is 43.5 Å². The number of ketones is 1. The van der Waals surface area contributed by atoms with Crippen LogP contribution in [0.2, 0.25) is 5.02 Å². The number of carbonyl (C=O) groups is 1. The third-order valence-corrected chi connectivity index (χ3v) is 7.07. The Bertz CT molecular complexity index is 838. The minimum absolute atomic E-state index is 0.0747. The van der Waals surface area contributed by atoms with Crippen molar-refractivity contribution in [1.29, 1.82) is 0 Å². The van der Waals surface area contributed by atoms with Gasteiger partial charge in [0.25, 0.3) is 0 Å². The number of primary sulfonamides is 1. The maximum Gasteiger partial charge on any atom is 0.216 e. The molecular weight excluding hydrogens is 381 g/mol. The van der Waals surface area contributed by atoms with E-state index in [2.05, 4.69) is 13.8 Å². The fraction of sp³-hybridized carbons (Fsp3) is 0.611. The molecule has 8 heteroatoms. The van der Waals surface area contributed by atoms with E-state index in [4.69, 9.17) is 21.5 Å². The summed E-state index contributed by atoms with van der Waals surface area (Å²) in [6.45, 7) is 5.03. The van der Waals surface area contributed by atoms with Crippen molar-refractivity contribution in [2.45, 2.75) is 33.1 Å². The fourth-order valence-corrected chi connectivity index (χ4v) is 5.21. The Kier molecular flexibility index (Phi) is 5.09. The molecule has 0 heterocycles. The monoisotopic (exact) mass is 403 g/mol. The van der Waals surface area contributed by atoms with Gasteiger partial charge < -0.3 is 4.74 Å². The zero-order valence-corrected chi connectivity index (χ0v) is 16.4. The smallest absolute Gasteiger partial charge is 0.216 e. The molecule has 3 atom stereocenters. The van der Waals surface area contributed by atoms with Crippen LogP contribution in [0.25, 0.3) is 0 Å². The molecule has 5 nitrogen and oxygen atoms in total. The minimum atomic E-state index is -4.04. The lowest BCUT2D eigenvalue weighted by Gasteiger charge is -2.60. The first kappa shape index (κ1) is 19.6. The molecular formula is C18H23ClFNO4S. The standard InChI is InChI=1S/C18H23ClFNO4S/c1-18(2)11-4-3-10(13(18)5-11)8-25-17-7-15(20)12(6-14(17)19)16(22)9-26(21,23)24/h6-7,10-11,13H,3-5,8-9H2,1-2H3,(H2,21,23,24)/t10-,11+,13+/m1/s1. The predicted octanol–water partition coefficient (Wildman–Crippen LogP) is 3.40. The molecule has 1 aromatic rings. The van der Waals surface area contributed by atoms with Gasteiger partial charge in [0.2, 0.25) is 10.0 Å². The number of rotatable bonds is 6. The number of sulfonamides is 1. The Labute approximate surface area is 158 Å². The molecule has 144 valence electrons. The largest absolute Gasteiger partial charge is 0.492 e. The van der Waals surface area contributed by atoms with Crippen LogP contribution in [0.3, 0.4) is 0 Å².